The summed E-state index contributed by atoms with van der Waals surface area (Å²) in [6, 6.07) is 10.3. The van der Waals surface area contributed by atoms with Crippen LogP contribution in [0.15, 0.2) is 66.9 Å². The number of hydrogen-bond donors (Lipinski definition) is 0. The molecule has 0 saturated carbocycles. The highest BCUT2D eigenvalue weighted by molar-refractivity contribution is 7.17. The number of carbonyl (C=O) groups is 1. The molecule has 4 aromatic rings. The SMILES string of the molecule is O=C1/C(=C\c2ccc(-n3ccnc3)nc2)CCc2nc(-c3ccccc3F)sc21. The van der Waals surface area contributed by atoms with Crippen LogP contribution in [0.25, 0.3) is 22.5 Å². The molecule has 0 spiro atoms. The maximum Gasteiger partial charge on any atom is 0.200 e. The van der Waals surface area contributed by atoms with Crippen molar-refractivity contribution in [1.82, 2.24) is 19.5 Å². The molecule has 29 heavy (non-hydrogen) atoms. The number of thiazole rings is 1. The Morgan fingerprint density at radius 1 is 1.14 bits per heavy atom. The molecule has 142 valence electrons. The van der Waals surface area contributed by atoms with Gasteiger partial charge >= 0.3 is 0 Å². The molecule has 3 heterocycles. The van der Waals surface area contributed by atoms with Crippen LogP contribution in [-0.2, 0) is 6.42 Å². The summed E-state index contributed by atoms with van der Waals surface area (Å²) in [5.41, 5.74) is 2.77. The number of aryl methyl sites for hydroxylation is 1. The number of hydrogen-bond acceptors (Lipinski definition) is 5. The number of fused-ring (bicyclic) bond motifs is 1. The van der Waals surface area contributed by atoms with Crippen LogP contribution in [0, 0.1) is 5.82 Å². The van der Waals surface area contributed by atoms with E-state index in [9.17, 15) is 9.18 Å². The van der Waals surface area contributed by atoms with Crippen LogP contribution in [0.2, 0.25) is 0 Å². The standard InChI is InChI=1S/C22H15FN4OS/c23-17-4-2-1-3-16(17)22-26-18-7-6-15(20(28)21(18)29-22)11-14-5-8-19(25-12-14)27-10-9-24-13-27/h1-5,8-13H,6-7H2/b15-11-. The predicted octanol–water partition coefficient (Wildman–Crippen LogP) is 4.74. The highest BCUT2D eigenvalue weighted by Crippen LogP contribution is 2.35. The van der Waals surface area contributed by atoms with Gasteiger partial charge in [-0.2, -0.15) is 0 Å². The Hall–Kier alpha value is -3.45. The van der Waals surface area contributed by atoms with E-state index in [1.807, 2.05) is 29.0 Å². The molecule has 7 heteroatoms. The van der Waals surface area contributed by atoms with Crippen molar-refractivity contribution in [3.05, 3.63) is 88.8 Å². The first kappa shape index (κ1) is 17.6. The van der Waals surface area contributed by atoms with Crippen molar-refractivity contribution in [3.8, 4) is 16.4 Å². The minimum absolute atomic E-state index is 0.0370. The summed E-state index contributed by atoms with van der Waals surface area (Å²) in [4.78, 5) is 26.5. The number of halogens is 1. The Morgan fingerprint density at radius 3 is 2.79 bits per heavy atom. The number of imidazole rings is 1. The van der Waals surface area contributed by atoms with Crippen molar-refractivity contribution in [3.63, 3.8) is 0 Å². The van der Waals surface area contributed by atoms with Crippen LogP contribution in [0.5, 0.6) is 0 Å². The second kappa shape index (κ2) is 7.18. The number of nitrogens with zero attached hydrogens (tertiary/aromatic N) is 4. The lowest BCUT2D eigenvalue weighted by Crippen LogP contribution is -2.12. The molecular weight excluding hydrogens is 387 g/mol. The molecule has 0 saturated heterocycles. The predicted molar refractivity (Wildman–Crippen MR) is 109 cm³/mol. The lowest BCUT2D eigenvalue weighted by Gasteiger charge is -2.12. The van der Waals surface area contributed by atoms with Gasteiger partial charge in [0.2, 0.25) is 5.78 Å². The van der Waals surface area contributed by atoms with Crippen molar-refractivity contribution in [2.24, 2.45) is 0 Å². The third-order valence-corrected chi connectivity index (χ3v) is 5.94. The summed E-state index contributed by atoms with van der Waals surface area (Å²) in [6.07, 6.45) is 10.1. The average Bonchev–Trinajstić information content (AvgIpc) is 3.41. The van der Waals surface area contributed by atoms with E-state index < -0.39 is 0 Å². The molecule has 5 nitrogen and oxygen atoms in total. The van der Waals surface area contributed by atoms with Crippen LogP contribution in [0.4, 0.5) is 4.39 Å². The summed E-state index contributed by atoms with van der Waals surface area (Å²) in [5.74, 6) is 0.398. The molecule has 1 aromatic carbocycles. The minimum atomic E-state index is -0.328. The van der Waals surface area contributed by atoms with Gasteiger partial charge in [0, 0.05) is 29.7 Å². The van der Waals surface area contributed by atoms with Gasteiger partial charge in [-0.05, 0) is 48.7 Å². The van der Waals surface area contributed by atoms with Gasteiger partial charge in [-0.3, -0.25) is 9.36 Å². The Labute approximate surface area is 170 Å². The van der Waals surface area contributed by atoms with Crippen LogP contribution in [0.1, 0.15) is 27.3 Å². The van der Waals surface area contributed by atoms with Crippen molar-refractivity contribution < 1.29 is 9.18 Å². The highest BCUT2D eigenvalue weighted by atomic mass is 32.1. The van der Waals surface area contributed by atoms with E-state index in [1.54, 1.807) is 36.9 Å². The van der Waals surface area contributed by atoms with E-state index in [4.69, 9.17) is 0 Å². The summed E-state index contributed by atoms with van der Waals surface area (Å²) < 4.78 is 15.9. The lowest BCUT2D eigenvalue weighted by molar-refractivity contribution is 0.103. The van der Waals surface area contributed by atoms with Gasteiger partial charge in [0.1, 0.15) is 23.0 Å². The van der Waals surface area contributed by atoms with Gasteiger partial charge in [-0.25, -0.2) is 19.3 Å². The number of carbonyl (C=O) groups excluding carboxylic acids is 1. The van der Waals surface area contributed by atoms with Gasteiger partial charge in [-0.15, -0.1) is 11.3 Å². The van der Waals surface area contributed by atoms with E-state index in [2.05, 4.69) is 15.0 Å². The first-order valence-corrected chi connectivity index (χ1v) is 9.95. The average molecular weight is 402 g/mol. The molecule has 1 aliphatic rings. The Bertz CT molecular complexity index is 1230. The van der Waals surface area contributed by atoms with Crippen molar-refractivity contribution in [1.29, 1.82) is 0 Å². The molecule has 5 rings (SSSR count). The Kier molecular flexibility index (Phi) is 4.37. The fourth-order valence-electron chi connectivity index (χ4n) is 3.33. The third-order valence-electron chi connectivity index (χ3n) is 4.81. The number of Topliss-reactive ketones (excluding diaryl/α,β-unsaturated/α-hetero) is 1. The van der Waals surface area contributed by atoms with E-state index in [1.165, 1.54) is 17.4 Å². The Balaban J connectivity index is 1.43. The summed E-state index contributed by atoms with van der Waals surface area (Å²) in [5, 5.41) is 0.550. The number of aromatic nitrogens is 4. The van der Waals surface area contributed by atoms with Gasteiger partial charge in [-0.1, -0.05) is 12.1 Å². The minimum Gasteiger partial charge on any atom is -0.291 e. The van der Waals surface area contributed by atoms with Crippen LogP contribution in [0.3, 0.4) is 0 Å². The van der Waals surface area contributed by atoms with Gasteiger partial charge in [0.05, 0.1) is 10.6 Å². The molecule has 0 amide bonds. The van der Waals surface area contributed by atoms with Crippen LogP contribution < -0.4 is 0 Å². The van der Waals surface area contributed by atoms with Crippen molar-refractivity contribution in [2.45, 2.75) is 12.8 Å². The topological polar surface area (TPSA) is 60.7 Å². The second-order valence-electron chi connectivity index (χ2n) is 6.69. The molecule has 0 atom stereocenters. The number of pyridine rings is 1. The first-order valence-electron chi connectivity index (χ1n) is 9.13. The number of rotatable bonds is 3. The van der Waals surface area contributed by atoms with E-state index in [-0.39, 0.29) is 11.6 Å². The summed E-state index contributed by atoms with van der Waals surface area (Å²) in [7, 11) is 0. The molecular formula is C22H15FN4OS. The fraction of sp³-hybridized carbons (Fsp3) is 0.0909. The zero-order chi connectivity index (χ0) is 19.8. The second-order valence-corrected chi connectivity index (χ2v) is 7.69. The summed E-state index contributed by atoms with van der Waals surface area (Å²) >= 11 is 1.26. The number of allylic oxidation sites excluding steroid dienone is 1. The van der Waals surface area contributed by atoms with Crippen molar-refractivity contribution in [2.75, 3.05) is 0 Å². The smallest absolute Gasteiger partial charge is 0.200 e. The quantitative estimate of drug-likeness (QED) is 0.464. The zero-order valence-corrected chi connectivity index (χ0v) is 16.1. The fourth-order valence-corrected chi connectivity index (χ4v) is 4.44. The normalized spacial score (nSPS) is 14.9. The van der Waals surface area contributed by atoms with Crippen LogP contribution in [-0.4, -0.2) is 25.3 Å². The maximum atomic E-state index is 14.1. The molecule has 0 N–H and O–H groups in total. The highest BCUT2D eigenvalue weighted by Gasteiger charge is 2.27. The molecule has 1 aliphatic carbocycles. The number of benzene rings is 1. The molecule has 0 fully saturated rings. The molecule has 3 aromatic heterocycles. The monoisotopic (exact) mass is 402 g/mol. The molecule has 0 bridgehead atoms. The first-order chi connectivity index (χ1) is 14.2. The van der Waals surface area contributed by atoms with E-state index in [0.29, 0.717) is 28.3 Å². The summed E-state index contributed by atoms with van der Waals surface area (Å²) in [6.45, 7) is 0. The third kappa shape index (κ3) is 3.30. The van der Waals surface area contributed by atoms with Crippen LogP contribution >= 0.6 is 11.3 Å². The lowest BCUT2D eigenvalue weighted by atomic mass is 9.94. The van der Waals surface area contributed by atoms with Gasteiger partial charge < -0.3 is 0 Å². The van der Waals surface area contributed by atoms with Gasteiger partial charge in [0.25, 0.3) is 0 Å². The molecule has 0 unspecified atom stereocenters. The van der Waals surface area contributed by atoms with Crippen molar-refractivity contribution >= 4 is 23.2 Å². The number of ketones is 1. The maximum absolute atomic E-state index is 14.1. The van der Waals surface area contributed by atoms with Gasteiger partial charge in [0.15, 0.2) is 0 Å². The largest absolute Gasteiger partial charge is 0.291 e. The molecule has 0 aliphatic heterocycles. The van der Waals surface area contributed by atoms with E-state index in [0.717, 1.165) is 22.6 Å². The Morgan fingerprint density at radius 2 is 2.03 bits per heavy atom. The van der Waals surface area contributed by atoms with E-state index >= 15 is 0 Å². The zero-order valence-electron chi connectivity index (χ0n) is 15.2. The molecule has 0 radical (unpaired) electrons.